The van der Waals surface area contributed by atoms with Gasteiger partial charge in [-0.2, -0.15) is 4.57 Å². The summed E-state index contributed by atoms with van der Waals surface area (Å²) in [5, 5.41) is 4.57. The van der Waals surface area contributed by atoms with E-state index in [9.17, 15) is 0 Å². The van der Waals surface area contributed by atoms with Crippen LogP contribution in [-0.4, -0.2) is 9.97 Å². The van der Waals surface area contributed by atoms with Crippen molar-refractivity contribution in [1.82, 2.24) is 9.97 Å². The van der Waals surface area contributed by atoms with E-state index in [1.165, 1.54) is 16.3 Å². The second kappa shape index (κ2) is 5.11. The Bertz CT molecular complexity index is 1270. The predicted molar refractivity (Wildman–Crippen MR) is 98.2 cm³/mol. The van der Waals surface area contributed by atoms with Gasteiger partial charge in [0.15, 0.2) is 11.8 Å². The van der Waals surface area contributed by atoms with Gasteiger partial charge in [0.25, 0.3) is 0 Å². The topological polar surface area (TPSA) is 42.8 Å². The van der Waals surface area contributed by atoms with Gasteiger partial charge >= 0.3 is 0 Å². The van der Waals surface area contributed by atoms with Crippen LogP contribution in [0.25, 0.3) is 44.1 Å². The van der Waals surface area contributed by atoms with E-state index in [1.54, 1.807) is 12.4 Å². The van der Waals surface area contributed by atoms with Crippen molar-refractivity contribution in [3.8, 4) is 11.3 Å². The number of hydrogen-bond acceptors (Lipinski definition) is 3. The van der Waals surface area contributed by atoms with Gasteiger partial charge in [0.2, 0.25) is 11.4 Å². The maximum Gasteiger partial charge on any atom is 0.234 e. The van der Waals surface area contributed by atoms with Crippen LogP contribution in [0.4, 0.5) is 0 Å². The summed E-state index contributed by atoms with van der Waals surface area (Å²) in [7, 11) is 2.03. The fraction of sp³-hybridized carbons (Fsp3) is 0.0952. The molecule has 0 radical (unpaired) electrons. The lowest BCUT2D eigenvalue weighted by Gasteiger charge is -2.09. The van der Waals surface area contributed by atoms with Gasteiger partial charge in [-0.1, -0.05) is 24.3 Å². The first-order chi connectivity index (χ1) is 12.3. The molecule has 0 spiro atoms. The molecule has 120 valence electrons. The number of pyridine rings is 1. The van der Waals surface area contributed by atoms with Crippen molar-refractivity contribution in [3.63, 3.8) is 0 Å². The fourth-order valence-electron chi connectivity index (χ4n) is 3.68. The Labute approximate surface area is 144 Å². The molecule has 3 aromatic heterocycles. The molecule has 25 heavy (non-hydrogen) atoms. The van der Waals surface area contributed by atoms with Crippen molar-refractivity contribution in [2.45, 2.75) is 6.92 Å². The van der Waals surface area contributed by atoms with Crippen molar-refractivity contribution in [2.24, 2.45) is 7.05 Å². The Hall–Kier alpha value is -3.27. The molecule has 0 fully saturated rings. The highest BCUT2D eigenvalue weighted by Gasteiger charge is 2.23. The van der Waals surface area contributed by atoms with Gasteiger partial charge in [-0.3, -0.25) is 4.98 Å². The van der Waals surface area contributed by atoms with Gasteiger partial charge in [-0.05, 0) is 35.4 Å². The molecule has 0 N–H and O–H groups in total. The highest BCUT2D eigenvalue weighted by molar-refractivity contribution is 6.22. The summed E-state index contributed by atoms with van der Waals surface area (Å²) in [6.45, 7) is 2.14. The largest absolute Gasteiger partial charge is 0.437 e. The summed E-state index contributed by atoms with van der Waals surface area (Å²) in [4.78, 5) is 8.75. The van der Waals surface area contributed by atoms with Crippen molar-refractivity contribution >= 4 is 32.8 Å². The van der Waals surface area contributed by atoms with Gasteiger partial charge in [0, 0.05) is 17.0 Å². The quantitative estimate of drug-likeness (QED) is 0.431. The minimum absolute atomic E-state index is 0.668. The molecule has 4 nitrogen and oxygen atoms in total. The summed E-state index contributed by atoms with van der Waals surface area (Å²) >= 11 is 0. The van der Waals surface area contributed by atoms with E-state index < -0.39 is 0 Å². The number of fused-ring (bicyclic) bond motifs is 5. The van der Waals surface area contributed by atoms with Crippen molar-refractivity contribution in [3.05, 3.63) is 66.7 Å². The lowest BCUT2D eigenvalue weighted by atomic mass is 9.94. The second-order valence-corrected chi connectivity index (χ2v) is 6.28. The normalized spacial score (nSPS) is 11.6. The Morgan fingerprint density at radius 3 is 2.60 bits per heavy atom. The van der Waals surface area contributed by atoms with E-state index in [0.717, 1.165) is 27.6 Å². The molecule has 0 aliphatic heterocycles. The lowest BCUT2D eigenvalue weighted by molar-refractivity contribution is -0.660. The highest BCUT2D eigenvalue weighted by Crippen LogP contribution is 2.41. The molecular formula is C21H16N3O+. The summed E-state index contributed by atoms with van der Waals surface area (Å²) in [6.07, 6.45) is 7.40. The van der Waals surface area contributed by atoms with E-state index in [-0.39, 0.29) is 0 Å². The maximum atomic E-state index is 6.23. The van der Waals surface area contributed by atoms with Crippen LogP contribution in [0.15, 0.2) is 65.6 Å². The summed E-state index contributed by atoms with van der Waals surface area (Å²) in [5.74, 6) is 0. The lowest BCUT2D eigenvalue weighted by Crippen LogP contribution is -2.30. The standard InChI is InChI=1S/C21H16N3O/c1-13-14-6-3-4-7-15(14)19-16-8-5-9-23-21(16)25-20(19)18(13)17-12-22-10-11-24(17)2/h3-12H,1-2H3/q+1. The van der Waals surface area contributed by atoms with E-state index >= 15 is 0 Å². The average Bonchev–Trinajstić information content (AvgIpc) is 3.02. The number of aromatic nitrogens is 3. The SMILES string of the molecule is Cc1c(-c2cncc[n+]2C)c2oc3ncccc3c2c2ccccc12. The zero-order chi connectivity index (χ0) is 17.0. The average molecular weight is 326 g/mol. The molecule has 0 aliphatic carbocycles. The maximum absolute atomic E-state index is 6.23. The smallest absolute Gasteiger partial charge is 0.234 e. The zero-order valence-corrected chi connectivity index (χ0v) is 14.0. The third kappa shape index (κ3) is 1.91. The van der Waals surface area contributed by atoms with E-state index in [4.69, 9.17) is 4.42 Å². The number of nitrogens with zero attached hydrogens (tertiary/aromatic N) is 3. The van der Waals surface area contributed by atoms with Crippen LogP contribution in [0.2, 0.25) is 0 Å². The van der Waals surface area contributed by atoms with Crippen LogP contribution >= 0.6 is 0 Å². The second-order valence-electron chi connectivity index (χ2n) is 6.28. The van der Waals surface area contributed by atoms with E-state index in [1.807, 2.05) is 25.5 Å². The third-order valence-electron chi connectivity index (χ3n) is 4.88. The Morgan fingerprint density at radius 2 is 1.76 bits per heavy atom. The molecule has 0 bridgehead atoms. The fourth-order valence-corrected chi connectivity index (χ4v) is 3.68. The monoisotopic (exact) mass is 326 g/mol. The summed E-state index contributed by atoms with van der Waals surface area (Å²) in [6, 6.07) is 12.5. The van der Waals surface area contributed by atoms with Crippen LogP contribution in [0, 0.1) is 6.92 Å². The summed E-state index contributed by atoms with van der Waals surface area (Å²) in [5.41, 5.74) is 4.82. The molecule has 3 heterocycles. The molecule has 5 aromatic rings. The number of rotatable bonds is 1. The van der Waals surface area contributed by atoms with Crippen LogP contribution in [0.1, 0.15) is 5.56 Å². The zero-order valence-electron chi connectivity index (χ0n) is 14.0. The molecule has 0 amide bonds. The first kappa shape index (κ1) is 14.1. The van der Waals surface area contributed by atoms with E-state index in [0.29, 0.717) is 5.71 Å². The van der Waals surface area contributed by atoms with Gasteiger partial charge in [-0.15, -0.1) is 0 Å². The molecular weight excluding hydrogens is 310 g/mol. The van der Waals surface area contributed by atoms with Gasteiger partial charge in [0.05, 0.1) is 18.0 Å². The number of furan rings is 1. The first-order valence-electron chi connectivity index (χ1n) is 8.24. The van der Waals surface area contributed by atoms with Gasteiger partial charge in [0.1, 0.15) is 7.05 Å². The van der Waals surface area contributed by atoms with Crippen LogP contribution in [-0.2, 0) is 7.05 Å². The number of benzene rings is 2. The third-order valence-corrected chi connectivity index (χ3v) is 4.88. The van der Waals surface area contributed by atoms with Crippen LogP contribution in [0.3, 0.4) is 0 Å². The van der Waals surface area contributed by atoms with Gasteiger partial charge in [-0.25, -0.2) is 4.98 Å². The molecule has 5 rings (SSSR count). The molecule has 4 heteroatoms. The number of hydrogen-bond donors (Lipinski definition) is 0. The van der Waals surface area contributed by atoms with E-state index in [2.05, 4.69) is 51.8 Å². The van der Waals surface area contributed by atoms with Crippen LogP contribution in [0.5, 0.6) is 0 Å². The Balaban J connectivity index is 2.10. The van der Waals surface area contributed by atoms with Crippen molar-refractivity contribution in [1.29, 1.82) is 0 Å². The summed E-state index contributed by atoms with van der Waals surface area (Å²) < 4.78 is 8.30. The minimum atomic E-state index is 0.668. The highest BCUT2D eigenvalue weighted by atomic mass is 16.3. The molecule has 0 saturated carbocycles. The van der Waals surface area contributed by atoms with Crippen molar-refractivity contribution < 1.29 is 8.98 Å². The minimum Gasteiger partial charge on any atom is -0.437 e. The first-order valence-corrected chi connectivity index (χ1v) is 8.24. The predicted octanol–water partition coefficient (Wildman–Crippen LogP) is 4.33. The molecule has 0 saturated heterocycles. The molecule has 0 atom stereocenters. The number of aryl methyl sites for hydroxylation is 2. The Kier molecular flexibility index (Phi) is 2.88. The van der Waals surface area contributed by atoms with Crippen molar-refractivity contribution in [2.75, 3.05) is 0 Å². The Morgan fingerprint density at radius 1 is 0.960 bits per heavy atom. The van der Waals surface area contributed by atoms with Crippen LogP contribution < -0.4 is 4.57 Å². The molecule has 0 unspecified atom stereocenters. The van der Waals surface area contributed by atoms with Gasteiger partial charge < -0.3 is 4.42 Å². The molecule has 2 aromatic carbocycles. The molecule has 0 aliphatic rings.